The highest BCUT2D eigenvalue weighted by atomic mass is 16.5. The number of nitrogens with zero attached hydrogens (tertiary/aromatic N) is 2. The van der Waals surface area contributed by atoms with Gasteiger partial charge in [-0.15, -0.1) is 0 Å². The second-order valence-electron chi connectivity index (χ2n) is 4.66. The molecule has 1 aromatic heterocycles. The van der Waals surface area contributed by atoms with Crippen LogP contribution < -0.4 is 15.8 Å². The summed E-state index contributed by atoms with van der Waals surface area (Å²) in [7, 11) is 1.77. The third-order valence-corrected chi connectivity index (χ3v) is 2.92. The maximum atomic E-state index is 12.0. The minimum atomic E-state index is -0.352. The Morgan fingerprint density at radius 1 is 1.50 bits per heavy atom. The van der Waals surface area contributed by atoms with Gasteiger partial charge in [0.15, 0.2) is 0 Å². The van der Waals surface area contributed by atoms with Crippen molar-refractivity contribution >= 4 is 17.4 Å². The van der Waals surface area contributed by atoms with E-state index in [1.165, 1.54) is 0 Å². The SMILES string of the molecule is CCCOc1nc(NC(C)C(=O)N(C)CC)ccc1N. The standard InChI is InChI=1S/C14H24N4O2/c1-5-9-20-13-11(15)7-8-12(17-13)16-10(3)14(19)18(4)6-2/h7-8,10H,5-6,9,15H2,1-4H3,(H,16,17). The predicted octanol–water partition coefficient (Wildman–Crippen LogP) is 1.73. The molecule has 0 saturated heterocycles. The summed E-state index contributed by atoms with van der Waals surface area (Å²) in [5.41, 5.74) is 6.29. The molecule has 1 heterocycles. The van der Waals surface area contributed by atoms with Crippen molar-refractivity contribution in [3.63, 3.8) is 0 Å². The molecule has 1 amide bonds. The molecule has 112 valence electrons. The number of aromatic nitrogens is 1. The van der Waals surface area contributed by atoms with E-state index in [0.29, 0.717) is 30.5 Å². The van der Waals surface area contributed by atoms with Gasteiger partial charge in [0.2, 0.25) is 11.8 Å². The Labute approximate surface area is 120 Å². The maximum Gasteiger partial charge on any atom is 0.244 e. The van der Waals surface area contributed by atoms with Gasteiger partial charge in [0.1, 0.15) is 11.9 Å². The number of anilines is 2. The van der Waals surface area contributed by atoms with Crippen molar-refractivity contribution in [2.24, 2.45) is 0 Å². The number of hydrogen-bond donors (Lipinski definition) is 2. The monoisotopic (exact) mass is 280 g/mol. The number of amides is 1. The minimum absolute atomic E-state index is 0.0159. The topological polar surface area (TPSA) is 80.5 Å². The zero-order chi connectivity index (χ0) is 15.1. The number of carbonyl (C=O) groups is 1. The Morgan fingerprint density at radius 3 is 2.80 bits per heavy atom. The Balaban J connectivity index is 2.74. The summed E-state index contributed by atoms with van der Waals surface area (Å²) in [4.78, 5) is 17.9. The summed E-state index contributed by atoms with van der Waals surface area (Å²) < 4.78 is 5.47. The normalized spacial score (nSPS) is 11.8. The first-order valence-electron chi connectivity index (χ1n) is 6.90. The van der Waals surface area contributed by atoms with Gasteiger partial charge in [-0.3, -0.25) is 4.79 Å². The van der Waals surface area contributed by atoms with E-state index in [9.17, 15) is 4.79 Å². The molecule has 1 atom stereocenters. The molecule has 6 heteroatoms. The zero-order valence-electron chi connectivity index (χ0n) is 12.6. The molecule has 0 aliphatic carbocycles. The largest absolute Gasteiger partial charge is 0.476 e. The van der Waals surface area contributed by atoms with Crippen molar-refractivity contribution in [3.05, 3.63) is 12.1 Å². The molecule has 0 fully saturated rings. The number of pyridine rings is 1. The van der Waals surface area contributed by atoms with E-state index in [-0.39, 0.29) is 11.9 Å². The lowest BCUT2D eigenvalue weighted by atomic mass is 10.3. The Hall–Kier alpha value is -1.98. The van der Waals surface area contributed by atoms with Gasteiger partial charge in [0.25, 0.3) is 0 Å². The van der Waals surface area contributed by atoms with Gasteiger partial charge in [-0.25, -0.2) is 0 Å². The van der Waals surface area contributed by atoms with Crippen molar-refractivity contribution in [1.82, 2.24) is 9.88 Å². The van der Waals surface area contributed by atoms with E-state index in [1.807, 2.05) is 13.8 Å². The molecular weight excluding hydrogens is 256 g/mol. The summed E-state index contributed by atoms with van der Waals surface area (Å²) in [5.74, 6) is 0.998. The van der Waals surface area contributed by atoms with Crippen LogP contribution in [-0.2, 0) is 4.79 Å². The fraction of sp³-hybridized carbons (Fsp3) is 0.571. The average Bonchev–Trinajstić information content (AvgIpc) is 2.45. The Kier molecular flexibility index (Phi) is 6.09. The molecule has 6 nitrogen and oxygen atoms in total. The fourth-order valence-corrected chi connectivity index (χ4v) is 1.62. The van der Waals surface area contributed by atoms with Crippen molar-refractivity contribution in [1.29, 1.82) is 0 Å². The van der Waals surface area contributed by atoms with Gasteiger partial charge < -0.3 is 20.7 Å². The van der Waals surface area contributed by atoms with Gasteiger partial charge >= 0.3 is 0 Å². The van der Waals surface area contributed by atoms with Crippen LogP contribution in [-0.4, -0.2) is 42.0 Å². The number of rotatable bonds is 7. The lowest BCUT2D eigenvalue weighted by Crippen LogP contribution is -2.39. The lowest BCUT2D eigenvalue weighted by molar-refractivity contribution is -0.130. The highest BCUT2D eigenvalue weighted by Crippen LogP contribution is 2.21. The summed E-state index contributed by atoms with van der Waals surface area (Å²) >= 11 is 0. The average molecular weight is 280 g/mol. The van der Waals surface area contributed by atoms with Crippen LogP contribution in [0, 0.1) is 0 Å². The van der Waals surface area contributed by atoms with Crippen LogP contribution in [0.15, 0.2) is 12.1 Å². The number of likely N-dealkylation sites (N-methyl/N-ethyl adjacent to an activating group) is 1. The summed E-state index contributed by atoms with van der Waals surface area (Å²) in [5, 5.41) is 3.06. The van der Waals surface area contributed by atoms with Gasteiger partial charge in [-0.05, 0) is 32.4 Å². The second kappa shape index (κ2) is 7.57. The molecule has 0 aromatic carbocycles. The number of hydrogen-bond acceptors (Lipinski definition) is 5. The van der Waals surface area contributed by atoms with Crippen LogP contribution in [0.4, 0.5) is 11.5 Å². The molecule has 0 aliphatic heterocycles. The molecule has 0 saturated carbocycles. The molecule has 0 bridgehead atoms. The molecule has 0 aliphatic rings. The highest BCUT2D eigenvalue weighted by Gasteiger charge is 2.17. The number of carbonyl (C=O) groups excluding carboxylic acids is 1. The molecule has 1 unspecified atom stereocenters. The van der Waals surface area contributed by atoms with Crippen molar-refractivity contribution < 1.29 is 9.53 Å². The van der Waals surface area contributed by atoms with E-state index in [2.05, 4.69) is 10.3 Å². The Bertz CT molecular complexity index is 451. The molecule has 1 aromatic rings. The van der Waals surface area contributed by atoms with E-state index in [0.717, 1.165) is 6.42 Å². The van der Waals surface area contributed by atoms with Crippen molar-refractivity contribution in [3.8, 4) is 5.88 Å². The first kappa shape index (κ1) is 16.1. The van der Waals surface area contributed by atoms with Gasteiger partial charge in [-0.1, -0.05) is 6.92 Å². The lowest BCUT2D eigenvalue weighted by Gasteiger charge is -2.21. The predicted molar refractivity (Wildman–Crippen MR) is 80.8 cm³/mol. The molecule has 1 rings (SSSR count). The quantitative estimate of drug-likeness (QED) is 0.795. The number of nitrogens with two attached hydrogens (primary N) is 1. The zero-order valence-corrected chi connectivity index (χ0v) is 12.6. The van der Waals surface area contributed by atoms with E-state index >= 15 is 0 Å². The van der Waals surface area contributed by atoms with Crippen molar-refractivity contribution in [2.45, 2.75) is 33.2 Å². The van der Waals surface area contributed by atoms with Crippen LogP contribution in [0.3, 0.4) is 0 Å². The molecule has 0 spiro atoms. The second-order valence-corrected chi connectivity index (χ2v) is 4.66. The number of ether oxygens (including phenoxy) is 1. The first-order valence-corrected chi connectivity index (χ1v) is 6.90. The Morgan fingerprint density at radius 2 is 2.20 bits per heavy atom. The summed E-state index contributed by atoms with van der Waals surface area (Å²) in [6.45, 7) is 6.99. The first-order chi connectivity index (χ1) is 9.49. The third-order valence-electron chi connectivity index (χ3n) is 2.92. The van der Waals surface area contributed by atoms with Crippen LogP contribution in [0.25, 0.3) is 0 Å². The number of nitrogen functional groups attached to an aromatic ring is 1. The fourth-order valence-electron chi connectivity index (χ4n) is 1.62. The van der Waals surface area contributed by atoms with Crippen LogP contribution in [0.2, 0.25) is 0 Å². The summed E-state index contributed by atoms with van der Waals surface area (Å²) in [6.07, 6.45) is 0.884. The summed E-state index contributed by atoms with van der Waals surface area (Å²) in [6, 6.07) is 3.11. The van der Waals surface area contributed by atoms with E-state index in [4.69, 9.17) is 10.5 Å². The van der Waals surface area contributed by atoms with Gasteiger partial charge in [-0.2, -0.15) is 4.98 Å². The van der Waals surface area contributed by atoms with Gasteiger partial charge in [0.05, 0.1) is 12.3 Å². The van der Waals surface area contributed by atoms with E-state index in [1.54, 1.807) is 31.0 Å². The maximum absolute atomic E-state index is 12.0. The van der Waals surface area contributed by atoms with Gasteiger partial charge in [0, 0.05) is 13.6 Å². The molecular formula is C14H24N4O2. The minimum Gasteiger partial charge on any atom is -0.476 e. The molecule has 3 N–H and O–H groups in total. The smallest absolute Gasteiger partial charge is 0.244 e. The molecule has 0 radical (unpaired) electrons. The van der Waals surface area contributed by atoms with Crippen molar-refractivity contribution in [2.75, 3.05) is 31.2 Å². The highest BCUT2D eigenvalue weighted by molar-refractivity contribution is 5.83. The molecule has 20 heavy (non-hydrogen) atoms. The third kappa shape index (κ3) is 4.29. The van der Waals surface area contributed by atoms with Crippen LogP contribution in [0.1, 0.15) is 27.2 Å². The number of nitrogens with one attached hydrogen (secondary N) is 1. The van der Waals surface area contributed by atoms with Crippen LogP contribution >= 0.6 is 0 Å². The van der Waals surface area contributed by atoms with E-state index < -0.39 is 0 Å². The van der Waals surface area contributed by atoms with Crippen LogP contribution in [0.5, 0.6) is 5.88 Å².